The first kappa shape index (κ1) is 16.9. The fraction of sp³-hybridized carbons (Fsp3) is 0.526. The lowest BCUT2D eigenvalue weighted by molar-refractivity contribution is -0.117. The zero-order chi connectivity index (χ0) is 18.2. The Morgan fingerprint density at radius 3 is 2.52 bits per heavy atom. The van der Waals surface area contributed by atoms with Crippen LogP contribution in [0.2, 0.25) is 0 Å². The molecule has 8 heteroatoms. The second-order valence-electron chi connectivity index (χ2n) is 7.42. The number of amides is 1. The first-order valence-corrected chi connectivity index (χ1v) is 10.3. The number of piperidine rings is 1. The Labute approximate surface area is 161 Å². The fourth-order valence-corrected chi connectivity index (χ4v) is 4.81. The van der Waals surface area contributed by atoms with Crippen LogP contribution in [0.15, 0.2) is 18.2 Å². The van der Waals surface area contributed by atoms with E-state index in [1.54, 1.807) is 17.4 Å². The van der Waals surface area contributed by atoms with Gasteiger partial charge in [0, 0.05) is 23.6 Å². The van der Waals surface area contributed by atoms with E-state index < -0.39 is 0 Å². The number of hydrogen-bond acceptors (Lipinski definition) is 7. The summed E-state index contributed by atoms with van der Waals surface area (Å²) >= 11 is 1.79. The number of benzene rings is 1. The summed E-state index contributed by atoms with van der Waals surface area (Å²) in [4.78, 5) is 14.6. The minimum Gasteiger partial charge on any atom is -0.454 e. The molecule has 1 aromatic heterocycles. The molecule has 1 saturated heterocycles. The Morgan fingerprint density at radius 1 is 1.07 bits per heavy atom. The van der Waals surface area contributed by atoms with Crippen LogP contribution in [0.4, 0.5) is 5.69 Å². The number of hydrogen-bond donors (Lipinski definition) is 1. The van der Waals surface area contributed by atoms with Crippen LogP contribution in [0.25, 0.3) is 0 Å². The second kappa shape index (κ2) is 7.09. The summed E-state index contributed by atoms with van der Waals surface area (Å²) in [5.74, 6) is 2.56. The number of nitrogens with one attached hydrogen (secondary N) is 1. The van der Waals surface area contributed by atoms with Crippen molar-refractivity contribution in [2.45, 2.75) is 37.5 Å². The Morgan fingerprint density at radius 2 is 1.78 bits per heavy atom. The van der Waals surface area contributed by atoms with Crippen molar-refractivity contribution in [2.24, 2.45) is 0 Å². The SMILES string of the molecule is O=C(CN1CCC(c2nnc(C3CC3)s2)CC1)Nc1ccc2c(c1)OCO2. The van der Waals surface area contributed by atoms with Crippen LogP contribution in [0.3, 0.4) is 0 Å². The zero-order valence-corrected chi connectivity index (χ0v) is 15.8. The highest BCUT2D eigenvalue weighted by Gasteiger charge is 2.30. The molecule has 142 valence electrons. The summed E-state index contributed by atoms with van der Waals surface area (Å²) in [6.07, 6.45) is 4.62. The minimum atomic E-state index is -0.000694. The van der Waals surface area contributed by atoms with Crippen LogP contribution in [-0.2, 0) is 4.79 Å². The molecule has 0 spiro atoms. The van der Waals surface area contributed by atoms with Gasteiger partial charge in [0.15, 0.2) is 11.5 Å². The van der Waals surface area contributed by atoms with Crippen LogP contribution in [0, 0.1) is 0 Å². The van der Waals surface area contributed by atoms with Crippen molar-refractivity contribution in [2.75, 3.05) is 31.7 Å². The summed E-state index contributed by atoms with van der Waals surface area (Å²) in [6, 6.07) is 5.46. The standard InChI is InChI=1S/C19H22N4O3S/c24-17(20-14-3-4-15-16(9-14)26-11-25-15)10-23-7-5-13(6-8-23)19-22-21-18(27-19)12-1-2-12/h3-4,9,12-13H,1-2,5-8,10-11H2,(H,20,24). The number of fused-ring (bicyclic) bond motifs is 1. The van der Waals surface area contributed by atoms with E-state index in [2.05, 4.69) is 20.4 Å². The predicted molar refractivity (Wildman–Crippen MR) is 101 cm³/mol. The van der Waals surface area contributed by atoms with Crippen LogP contribution >= 0.6 is 11.3 Å². The number of carbonyl (C=O) groups is 1. The van der Waals surface area contributed by atoms with Gasteiger partial charge < -0.3 is 14.8 Å². The zero-order valence-electron chi connectivity index (χ0n) is 15.0. The molecule has 0 bridgehead atoms. The normalized spacial score (nSPS) is 20.0. The first-order valence-electron chi connectivity index (χ1n) is 9.50. The largest absolute Gasteiger partial charge is 0.454 e. The maximum absolute atomic E-state index is 12.4. The van der Waals surface area contributed by atoms with Crippen molar-refractivity contribution >= 4 is 22.9 Å². The van der Waals surface area contributed by atoms with Gasteiger partial charge in [0.2, 0.25) is 12.7 Å². The van der Waals surface area contributed by atoms with Crippen LogP contribution in [0.5, 0.6) is 11.5 Å². The maximum atomic E-state index is 12.4. The van der Waals surface area contributed by atoms with Gasteiger partial charge in [0.1, 0.15) is 10.0 Å². The molecule has 1 amide bonds. The van der Waals surface area contributed by atoms with Crippen molar-refractivity contribution in [1.82, 2.24) is 15.1 Å². The van der Waals surface area contributed by atoms with Crippen LogP contribution < -0.4 is 14.8 Å². The van der Waals surface area contributed by atoms with Gasteiger partial charge in [-0.15, -0.1) is 21.5 Å². The fourth-order valence-electron chi connectivity index (χ4n) is 3.62. The van der Waals surface area contributed by atoms with E-state index in [9.17, 15) is 4.79 Å². The molecule has 0 unspecified atom stereocenters. The molecule has 1 aliphatic carbocycles. The van der Waals surface area contributed by atoms with E-state index in [4.69, 9.17) is 9.47 Å². The number of likely N-dealkylation sites (tertiary alicyclic amines) is 1. The summed E-state index contributed by atoms with van der Waals surface area (Å²) in [6.45, 7) is 2.47. The van der Waals surface area contributed by atoms with Gasteiger partial charge >= 0.3 is 0 Å². The van der Waals surface area contributed by atoms with Crippen molar-refractivity contribution in [3.05, 3.63) is 28.2 Å². The molecule has 3 heterocycles. The summed E-state index contributed by atoms with van der Waals surface area (Å²) < 4.78 is 10.6. The van der Waals surface area contributed by atoms with E-state index in [0.717, 1.165) is 37.4 Å². The molecule has 1 N–H and O–H groups in total. The third-order valence-electron chi connectivity index (χ3n) is 5.34. The quantitative estimate of drug-likeness (QED) is 0.851. The molecule has 5 rings (SSSR count). The van der Waals surface area contributed by atoms with Gasteiger partial charge in [0.05, 0.1) is 6.54 Å². The minimum absolute atomic E-state index is 0.000694. The van der Waals surface area contributed by atoms with Crippen LogP contribution in [0.1, 0.15) is 47.5 Å². The average Bonchev–Trinajstić information content (AvgIpc) is 3.22. The third kappa shape index (κ3) is 3.77. The van der Waals surface area contributed by atoms with Gasteiger partial charge in [0.25, 0.3) is 0 Å². The molecule has 2 fully saturated rings. The Hall–Kier alpha value is -2.19. The lowest BCUT2D eigenvalue weighted by atomic mass is 9.98. The Kier molecular flexibility index (Phi) is 4.45. The topological polar surface area (TPSA) is 76.6 Å². The molecule has 0 atom stereocenters. The van der Waals surface area contributed by atoms with Crippen molar-refractivity contribution in [3.63, 3.8) is 0 Å². The highest BCUT2D eigenvalue weighted by Crippen LogP contribution is 2.43. The molecule has 7 nitrogen and oxygen atoms in total. The second-order valence-corrected chi connectivity index (χ2v) is 8.46. The van der Waals surface area contributed by atoms with Crippen molar-refractivity contribution < 1.29 is 14.3 Å². The Balaban J connectivity index is 1.11. The first-order chi connectivity index (χ1) is 13.2. The smallest absolute Gasteiger partial charge is 0.238 e. The van der Waals surface area contributed by atoms with E-state index in [1.807, 2.05) is 12.1 Å². The van der Waals surface area contributed by atoms with Gasteiger partial charge in [-0.3, -0.25) is 9.69 Å². The summed E-state index contributed by atoms with van der Waals surface area (Å²) in [5, 5.41) is 14.1. The van der Waals surface area contributed by atoms with E-state index in [-0.39, 0.29) is 12.7 Å². The van der Waals surface area contributed by atoms with Gasteiger partial charge in [-0.2, -0.15) is 0 Å². The van der Waals surface area contributed by atoms with E-state index in [1.165, 1.54) is 22.9 Å². The lowest BCUT2D eigenvalue weighted by Crippen LogP contribution is -2.38. The molecule has 1 aromatic carbocycles. The van der Waals surface area contributed by atoms with Crippen molar-refractivity contribution in [1.29, 1.82) is 0 Å². The molecular formula is C19H22N4O3S. The van der Waals surface area contributed by atoms with Gasteiger partial charge in [-0.1, -0.05) is 0 Å². The number of aromatic nitrogens is 2. The van der Waals surface area contributed by atoms with E-state index >= 15 is 0 Å². The maximum Gasteiger partial charge on any atom is 0.238 e. The number of ether oxygens (including phenoxy) is 2. The molecule has 27 heavy (non-hydrogen) atoms. The monoisotopic (exact) mass is 386 g/mol. The number of nitrogens with zero attached hydrogens (tertiary/aromatic N) is 3. The van der Waals surface area contributed by atoms with Gasteiger partial charge in [-0.05, 0) is 50.9 Å². The highest BCUT2D eigenvalue weighted by molar-refractivity contribution is 7.11. The molecule has 2 aliphatic heterocycles. The molecule has 2 aromatic rings. The number of rotatable bonds is 5. The van der Waals surface area contributed by atoms with Crippen LogP contribution in [-0.4, -0.2) is 47.4 Å². The number of anilines is 1. The number of carbonyl (C=O) groups excluding carboxylic acids is 1. The van der Waals surface area contributed by atoms with E-state index in [0.29, 0.717) is 24.1 Å². The van der Waals surface area contributed by atoms with Crippen molar-refractivity contribution in [3.8, 4) is 11.5 Å². The summed E-state index contributed by atoms with van der Waals surface area (Å²) in [7, 11) is 0. The average molecular weight is 386 g/mol. The Bertz CT molecular complexity index is 843. The molecule has 3 aliphatic rings. The van der Waals surface area contributed by atoms with Gasteiger partial charge in [-0.25, -0.2) is 0 Å². The third-order valence-corrected chi connectivity index (χ3v) is 6.59. The molecule has 0 radical (unpaired) electrons. The molecular weight excluding hydrogens is 364 g/mol. The molecule has 1 saturated carbocycles. The highest BCUT2D eigenvalue weighted by atomic mass is 32.1. The predicted octanol–water partition coefficient (Wildman–Crippen LogP) is 2.96. The summed E-state index contributed by atoms with van der Waals surface area (Å²) in [5.41, 5.74) is 0.737. The lowest BCUT2D eigenvalue weighted by Gasteiger charge is -2.30.